The van der Waals surface area contributed by atoms with E-state index in [0.29, 0.717) is 0 Å². The van der Waals surface area contributed by atoms with Gasteiger partial charge in [-0.3, -0.25) is 0 Å². The van der Waals surface area contributed by atoms with Gasteiger partial charge in [0.25, 0.3) is 0 Å². The number of nitrogens with two attached hydrogens (primary N) is 1. The van der Waals surface area contributed by atoms with Gasteiger partial charge in [-0.1, -0.05) is 5.92 Å². The second-order valence-electron chi connectivity index (χ2n) is 2.25. The van der Waals surface area contributed by atoms with E-state index in [4.69, 9.17) is 6.42 Å². The highest BCUT2D eigenvalue weighted by Crippen LogP contribution is 2.13. The molecule has 66 valence electrons. The molecule has 2 aromatic heterocycles. The maximum atomic E-state index is 5.26. The number of nitrogens with one attached hydrogen (secondary N) is 1. The first kappa shape index (κ1) is 9.30. The van der Waals surface area contributed by atoms with Crippen molar-refractivity contribution in [1.82, 2.24) is 9.97 Å². The highest BCUT2D eigenvalue weighted by Gasteiger charge is 1.98. The van der Waals surface area contributed by atoms with Gasteiger partial charge < -0.3 is 10.7 Å². The molecule has 0 saturated carbocycles. The van der Waals surface area contributed by atoms with Crippen LogP contribution in [0.25, 0.3) is 11.0 Å². The van der Waals surface area contributed by atoms with Crippen molar-refractivity contribution in [3.63, 3.8) is 0 Å². The van der Waals surface area contributed by atoms with Crippen molar-refractivity contribution >= 4 is 11.0 Å². The molecule has 0 aromatic carbocycles. The summed E-state index contributed by atoms with van der Waals surface area (Å²) < 4.78 is 0. The molecule has 2 rings (SSSR count). The third-order valence-electron chi connectivity index (χ3n) is 1.61. The molecule has 0 radical (unpaired) electrons. The predicted octanol–water partition coefficient (Wildman–Crippen LogP) is 1.12. The molecule has 3 nitrogen and oxygen atoms in total. The molecular formula is C10H11N3. The fourth-order valence-corrected chi connectivity index (χ4v) is 1.08. The number of aromatic nitrogens is 2. The number of H-pyrrole nitrogens is 1. The molecule has 0 atom stereocenters. The van der Waals surface area contributed by atoms with Crippen molar-refractivity contribution in [3.05, 3.63) is 30.1 Å². The molecule has 0 aliphatic carbocycles. The molecule has 0 aliphatic heterocycles. The number of terminal acetylenes is 1. The number of aromatic amines is 1. The van der Waals surface area contributed by atoms with Crippen LogP contribution in [0.15, 0.2) is 24.5 Å². The lowest BCUT2D eigenvalue weighted by atomic mass is 10.2. The number of hydrogen-bond acceptors (Lipinski definition) is 2. The summed E-state index contributed by atoms with van der Waals surface area (Å²) in [6, 6.07) is 3.82. The molecule has 0 fully saturated rings. The molecule has 0 amide bonds. The smallest absolute Gasteiger partial charge is 0.138 e. The van der Waals surface area contributed by atoms with E-state index in [1.165, 1.54) is 7.05 Å². The van der Waals surface area contributed by atoms with E-state index in [0.717, 1.165) is 16.6 Å². The molecule has 13 heavy (non-hydrogen) atoms. The van der Waals surface area contributed by atoms with Crippen LogP contribution in [0, 0.1) is 12.3 Å². The van der Waals surface area contributed by atoms with Gasteiger partial charge in [0.1, 0.15) is 5.65 Å². The van der Waals surface area contributed by atoms with Crippen LogP contribution in [0.4, 0.5) is 0 Å². The van der Waals surface area contributed by atoms with Crippen LogP contribution in [0.5, 0.6) is 0 Å². The monoisotopic (exact) mass is 173 g/mol. The fourth-order valence-electron chi connectivity index (χ4n) is 1.08. The van der Waals surface area contributed by atoms with Crippen LogP contribution in [0.2, 0.25) is 0 Å². The standard InChI is InChI=1S/C9H6N2.CH5N/c1-2-7-6-11-9-8(7)4-3-5-10-9;1-2/h1,3-6H,(H,10,11);2H2,1H3. The van der Waals surface area contributed by atoms with Gasteiger partial charge in [0.05, 0.1) is 5.56 Å². The quantitative estimate of drug-likeness (QED) is 0.586. The first-order valence-corrected chi connectivity index (χ1v) is 3.88. The SMILES string of the molecule is C#Cc1c[nH]c2ncccc12.CN. The lowest BCUT2D eigenvalue weighted by Gasteiger charge is -1.85. The van der Waals surface area contributed by atoms with Crippen molar-refractivity contribution < 1.29 is 0 Å². The second-order valence-corrected chi connectivity index (χ2v) is 2.25. The largest absolute Gasteiger partial charge is 0.345 e. The van der Waals surface area contributed by atoms with Gasteiger partial charge in [0.15, 0.2) is 0 Å². The molecule has 0 unspecified atom stereocenters. The lowest BCUT2D eigenvalue weighted by Crippen LogP contribution is -1.72. The molecule has 0 saturated heterocycles. The van der Waals surface area contributed by atoms with E-state index < -0.39 is 0 Å². The number of hydrogen-bond donors (Lipinski definition) is 2. The number of fused-ring (bicyclic) bond motifs is 1. The van der Waals surface area contributed by atoms with Crippen molar-refractivity contribution in [3.8, 4) is 12.3 Å². The summed E-state index contributed by atoms with van der Waals surface area (Å²) in [5, 5.41) is 1.01. The first-order chi connectivity index (χ1) is 6.42. The Hall–Kier alpha value is -1.79. The van der Waals surface area contributed by atoms with Crippen molar-refractivity contribution in [2.24, 2.45) is 5.73 Å². The Bertz CT molecular complexity index is 423. The molecule has 0 bridgehead atoms. The molecule has 3 N–H and O–H groups in total. The fraction of sp³-hybridized carbons (Fsp3) is 0.100. The van der Waals surface area contributed by atoms with E-state index in [9.17, 15) is 0 Å². The average Bonchev–Trinajstić information content (AvgIpc) is 2.64. The van der Waals surface area contributed by atoms with Gasteiger partial charge in [-0.2, -0.15) is 0 Å². The lowest BCUT2D eigenvalue weighted by molar-refractivity contribution is 1.33. The van der Waals surface area contributed by atoms with Gasteiger partial charge >= 0.3 is 0 Å². The van der Waals surface area contributed by atoms with Crippen LogP contribution >= 0.6 is 0 Å². The zero-order valence-electron chi connectivity index (χ0n) is 7.41. The summed E-state index contributed by atoms with van der Waals surface area (Å²) in [6.07, 6.45) is 8.79. The molecule has 0 spiro atoms. The molecular weight excluding hydrogens is 162 g/mol. The van der Waals surface area contributed by atoms with Crippen LogP contribution in [0.3, 0.4) is 0 Å². The summed E-state index contributed by atoms with van der Waals surface area (Å²) >= 11 is 0. The maximum Gasteiger partial charge on any atom is 0.138 e. The van der Waals surface area contributed by atoms with Gasteiger partial charge in [0.2, 0.25) is 0 Å². The first-order valence-electron chi connectivity index (χ1n) is 3.88. The minimum absolute atomic E-state index is 0.848. The Morgan fingerprint density at radius 1 is 1.54 bits per heavy atom. The Labute approximate surface area is 77.0 Å². The van der Waals surface area contributed by atoms with Crippen LogP contribution in [-0.2, 0) is 0 Å². The summed E-state index contributed by atoms with van der Waals surface area (Å²) in [5.41, 5.74) is 6.22. The van der Waals surface area contributed by atoms with Crippen LogP contribution in [-0.4, -0.2) is 17.0 Å². The Kier molecular flexibility index (Phi) is 3.07. The predicted molar refractivity (Wildman–Crippen MR) is 54.1 cm³/mol. The van der Waals surface area contributed by atoms with Gasteiger partial charge in [0, 0.05) is 17.8 Å². The Morgan fingerprint density at radius 3 is 3.00 bits per heavy atom. The third-order valence-corrected chi connectivity index (χ3v) is 1.61. The minimum Gasteiger partial charge on any atom is -0.345 e. The van der Waals surface area contributed by atoms with Crippen LogP contribution < -0.4 is 5.73 Å². The summed E-state index contributed by atoms with van der Waals surface area (Å²) in [6.45, 7) is 0. The minimum atomic E-state index is 0.848. The number of nitrogens with zero attached hydrogens (tertiary/aromatic N) is 1. The number of pyridine rings is 1. The summed E-state index contributed by atoms with van der Waals surface area (Å²) in [4.78, 5) is 7.08. The topological polar surface area (TPSA) is 54.7 Å². The highest BCUT2D eigenvalue weighted by atomic mass is 14.8. The normalized spacial score (nSPS) is 8.69. The van der Waals surface area contributed by atoms with E-state index in [1.54, 1.807) is 12.4 Å². The van der Waals surface area contributed by atoms with Crippen LogP contribution in [0.1, 0.15) is 5.56 Å². The van der Waals surface area contributed by atoms with E-state index >= 15 is 0 Å². The Balaban J connectivity index is 0.000000396. The summed E-state index contributed by atoms with van der Waals surface area (Å²) in [5.74, 6) is 2.58. The van der Waals surface area contributed by atoms with Crippen molar-refractivity contribution in [2.75, 3.05) is 7.05 Å². The zero-order chi connectivity index (χ0) is 9.68. The molecule has 0 aliphatic rings. The van der Waals surface area contributed by atoms with Gasteiger partial charge in [-0.15, -0.1) is 6.42 Å². The zero-order valence-corrected chi connectivity index (χ0v) is 7.41. The number of rotatable bonds is 0. The molecule has 2 heterocycles. The van der Waals surface area contributed by atoms with Crippen molar-refractivity contribution in [1.29, 1.82) is 0 Å². The van der Waals surface area contributed by atoms with E-state index in [1.807, 2.05) is 12.1 Å². The maximum absolute atomic E-state index is 5.26. The molecule has 3 heteroatoms. The van der Waals surface area contributed by atoms with Gasteiger partial charge in [-0.05, 0) is 19.2 Å². The van der Waals surface area contributed by atoms with E-state index in [2.05, 4.69) is 21.6 Å². The van der Waals surface area contributed by atoms with E-state index in [-0.39, 0.29) is 0 Å². The Morgan fingerprint density at radius 2 is 2.31 bits per heavy atom. The average molecular weight is 173 g/mol. The molecule has 2 aromatic rings. The van der Waals surface area contributed by atoms with Gasteiger partial charge in [-0.25, -0.2) is 4.98 Å². The second kappa shape index (κ2) is 4.29. The third kappa shape index (κ3) is 1.68. The highest BCUT2D eigenvalue weighted by molar-refractivity contribution is 5.82. The summed E-state index contributed by atoms with van der Waals surface area (Å²) in [7, 11) is 1.50. The van der Waals surface area contributed by atoms with Crippen molar-refractivity contribution in [2.45, 2.75) is 0 Å².